The lowest BCUT2D eigenvalue weighted by Gasteiger charge is -2.09. The van der Waals surface area contributed by atoms with E-state index >= 15 is 0 Å². The summed E-state index contributed by atoms with van der Waals surface area (Å²) in [7, 11) is 0. The average Bonchev–Trinajstić information content (AvgIpc) is 2.40. The van der Waals surface area contributed by atoms with Crippen LogP contribution in [0.4, 0.5) is 15.8 Å². The van der Waals surface area contributed by atoms with Gasteiger partial charge in [-0.15, -0.1) is 0 Å². The highest BCUT2D eigenvalue weighted by atomic mass is 127. The first-order valence-corrected chi connectivity index (χ1v) is 6.77. The summed E-state index contributed by atoms with van der Waals surface area (Å²) in [5.41, 5.74) is 1.49. The topological polar surface area (TPSA) is 41.1 Å². The Labute approximate surface area is 124 Å². The second-order valence-corrected chi connectivity index (χ2v) is 5.05. The largest absolute Gasteiger partial charge is 0.375 e. The average molecular weight is 370 g/mol. The van der Waals surface area contributed by atoms with Crippen LogP contribution in [0.1, 0.15) is 0 Å². The minimum atomic E-state index is -0.324. The molecule has 2 rings (SSSR count). The number of hydrogen-bond donors (Lipinski definition) is 2. The Bertz CT molecular complexity index is 572. The third-order valence-corrected chi connectivity index (χ3v) is 3.38. The molecule has 98 valence electrons. The van der Waals surface area contributed by atoms with Gasteiger partial charge < -0.3 is 10.6 Å². The number of hydrogen-bond acceptors (Lipinski definition) is 2. The van der Waals surface area contributed by atoms with Crippen LogP contribution < -0.4 is 10.6 Å². The van der Waals surface area contributed by atoms with Gasteiger partial charge in [-0.1, -0.05) is 12.1 Å². The third-order valence-electron chi connectivity index (χ3n) is 2.44. The molecule has 2 aromatic rings. The van der Waals surface area contributed by atoms with Crippen molar-refractivity contribution in [1.82, 2.24) is 0 Å². The van der Waals surface area contributed by atoms with Crippen LogP contribution in [0.15, 0.2) is 48.5 Å². The summed E-state index contributed by atoms with van der Waals surface area (Å²) in [4.78, 5) is 11.7. The summed E-state index contributed by atoms with van der Waals surface area (Å²) >= 11 is 2.20. The van der Waals surface area contributed by atoms with E-state index in [2.05, 4.69) is 33.2 Å². The van der Waals surface area contributed by atoms with Gasteiger partial charge in [-0.2, -0.15) is 0 Å². The van der Waals surface area contributed by atoms with Gasteiger partial charge in [0, 0.05) is 14.9 Å². The van der Waals surface area contributed by atoms with E-state index in [1.54, 1.807) is 0 Å². The van der Waals surface area contributed by atoms with Crippen molar-refractivity contribution in [3.63, 3.8) is 0 Å². The molecule has 0 bridgehead atoms. The summed E-state index contributed by atoms with van der Waals surface area (Å²) in [6.07, 6.45) is 0. The first-order chi connectivity index (χ1) is 9.15. The number of benzene rings is 2. The predicted octanol–water partition coefficient (Wildman–Crippen LogP) is 3.48. The van der Waals surface area contributed by atoms with Crippen molar-refractivity contribution in [3.05, 3.63) is 57.9 Å². The molecule has 1 amide bonds. The van der Waals surface area contributed by atoms with Gasteiger partial charge in [-0.3, -0.25) is 4.79 Å². The molecule has 0 saturated carbocycles. The molecule has 5 heteroatoms. The molecule has 0 heterocycles. The number of nitrogens with one attached hydrogen (secondary N) is 2. The van der Waals surface area contributed by atoms with Gasteiger partial charge in [-0.25, -0.2) is 4.39 Å². The van der Waals surface area contributed by atoms with Gasteiger partial charge in [0.15, 0.2) is 0 Å². The Morgan fingerprint density at radius 1 is 1.11 bits per heavy atom. The molecule has 0 fully saturated rings. The van der Waals surface area contributed by atoms with Crippen LogP contribution in [-0.2, 0) is 4.79 Å². The third kappa shape index (κ3) is 4.20. The molecule has 2 N–H and O–H groups in total. The van der Waals surface area contributed by atoms with Gasteiger partial charge in [0.05, 0.1) is 6.54 Å². The van der Waals surface area contributed by atoms with Crippen molar-refractivity contribution in [1.29, 1.82) is 0 Å². The van der Waals surface area contributed by atoms with Crippen molar-refractivity contribution in [2.75, 3.05) is 17.2 Å². The number of amides is 1. The molecule has 0 aliphatic rings. The number of anilines is 2. The zero-order valence-corrected chi connectivity index (χ0v) is 12.1. The van der Waals surface area contributed by atoms with Gasteiger partial charge in [0.2, 0.25) is 5.91 Å². The van der Waals surface area contributed by atoms with E-state index in [-0.39, 0.29) is 18.3 Å². The molecular formula is C14H12FIN2O. The number of carbonyl (C=O) groups excluding carboxylic acids is 1. The lowest BCUT2D eigenvalue weighted by molar-refractivity contribution is -0.114. The summed E-state index contributed by atoms with van der Waals surface area (Å²) in [5, 5.41) is 5.74. The zero-order valence-electron chi connectivity index (χ0n) is 9.99. The maximum Gasteiger partial charge on any atom is 0.243 e. The number of carbonyl (C=O) groups is 1. The molecule has 0 unspecified atom stereocenters. The van der Waals surface area contributed by atoms with Crippen LogP contribution in [0.5, 0.6) is 0 Å². The monoisotopic (exact) mass is 370 g/mol. The Morgan fingerprint density at radius 2 is 1.79 bits per heavy atom. The van der Waals surface area contributed by atoms with Gasteiger partial charge in [0.1, 0.15) is 5.82 Å². The van der Waals surface area contributed by atoms with E-state index in [0.717, 1.165) is 9.26 Å². The van der Waals surface area contributed by atoms with Crippen molar-refractivity contribution in [2.24, 2.45) is 0 Å². The van der Waals surface area contributed by atoms with Gasteiger partial charge in [-0.05, 0) is 59.0 Å². The minimum absolute atomic E-state index is 0.164. The molecule has 3 nitrogen and oxygen atoms in total. The molecule has 0 saturated heterocycles. The molecule has 0 atom stereocenters. The van der Waals surface area contributed by atoms with Crippen molar-refractivity contribution in [2.45, 2.75) is 0 Å². The number of halogens is 2. The summed E-state index contributed by atoms with van der Waals surface area (Å²) in [6, 6.07) is 13.4. The maximum absolute atomic E-state index is 12.7. The standard InChI is InChI=1S/C14H12FIN2O/c15-10-5-7-11(8-6-10)18-14(19)9-17-13-4-2-1-3-12(13)16/h1-8,17H,9H2,(H,18,19). The molecule has 0 aromatic heterocycles. The SMILES string of the molecule is O=C(CNc1ccccc1I)Nc1ccc(F)cc1. The highest BCUT2D eigenvalue weighted by Crippen LogP contribution is 2.16. The minimum Gasteiger partial charge on any atom is -0.375 e. The van der Waals surface area contributed by atoms with Crippen LogP contribution in [0.2, 0.25) is 0 Å². The molecular weight excluding hydrogens is 358 g/mol. The molecule has 0 radical (unpaired) electrons. The van der Waals surface area contributed by atoms with E-state index in [0.29, 0.717) is 5.69 Å². The Kier molecular flexibility index (Phi) is 4.73. The normalized spacial score (nSPS) is 10.0. The molecule has 19 heavy (non-hydrogen) atoms. The van der Waals surface area contributed by atoms with E-state index in [4.69, 9.17) is 0 Å². The fourth-order valence-corrected chi connectivity index (χ4v) is 2.10. The van der Waals surface area contributed by atoms with Gasteiger partial charge >= 0.3 is 0 Å². The highest BCUT2D eigenvalue weighted by molar-refractivity contribution is 14.1. The summed E-state index contributed by atoms with van der Waals surface area (Å²) in [5.74, 6) is -0.499. The molecule has 0 aliphatic carbocycles. The van der Waals surface area contributed by atoms with E-state index in [1.807, 2.05) is 24.3 Å². The maximum atomic E-state index is 12.7. The Hall–Kier alpha value is -1.63. The van der Waals surface area contributed by atoms with Crippen LogP contribution in [0.25, 0.3) is 0 Å². The predicted molar refractivity (Wildman–Crippen MR) is 82.7 cm³/mol. The van der Waals surface area contributed by atoms with Gasteiger partial charge in [0.25, 0.3) is 0 Å². The van der Waals surface area contributed by atoms with E-state index in [1.165, 1.54) is 24.3 Å². The van der Waals surface area contributed by atoms with Crippen molar-refractivity contribution in [3.8, 4) is 0 Å². The first kappa shape index (κ1) is 13.8. The smallest absolute Gasteiger partial charge is 0.243 e. The number of rotatable bonds is 4. The van der Waals surface area contributed by atoms with Crippen LogP contribution in [0, 0.1) is 9.39 Å². The first-order valence-electron chi connectivity index (χ1n) is 5.69. The molecule has 2 aromatic carbocycles. The van der Waals surface area contributed by atoms with Crippen LogP contribution in [0.3, 0.4) is 0 Å². The second kappa shape index (κ2) is 6.51. The second-order valence-electron chi connectivity index (χ2n) is 3.89. The summed E-state index contributed by atoms with van der Waals surface area (Å²) in [6.45, 7) is 0.164. The number of para-hydroxylation sites is 1. The zero-order chi connectivity index (χ0) is 13.7. The fraction of sp³-hybridized carbons (Fsp3) is 0.0714. The Balaban J connectivity index is 1.88. The van der Waals surface area contributed by atoms with E-state index in [9.17, 15) is 9.18 Å². The molecule has 0 aliphatic heterocycles. The quantitative estimate of drug-likeness (QED) is 0.810. The molecule has 0 spiro atoms. The van der Waals surface area contributed by atoms with Crippen molar-refractivity contribution >= 4 is 39.9 Å². The van der Waals surface area contributed by atoms with Crippen LogP contribution in [-0.4, -0.2) is 12.5 Å². The summed E-state index contributed by atoms with van der Waals surface area (Å²) < 4.78 is 13.8. The lowest BCUT2D eigenvalue weighted by atomic mass is 10.3. The fourth-order valence-electron chi connectivity index (χ4n) is 1.52. The van der Waals surface area contributed by atoms with Crippen molar-refractivity contribution < 1.29 is 9.18 Å². The highest BCUT2D eigenvalue weighted by Gasteiger charge is 2.04. The van der Waals surface area contributed by atoms with E-state index < -0.39 is 0 Å². The van der Waals surface area contributed by atoms with Crippen LogP contribution >= 0.6 is 22.6 Å². The lowest BCUT2D eigenvalue weighted by Crippen LogP contribution is -2.22. The Morgan fingerprint density at radius 3 is 2.47 bits per heavy atom.